The van der Waals surface area contributed by atoms with Gasteiger partial charge in [-0.2, -0.15) is 0 Å². The van der Waals surface area contributed by atoms with Crippen LogP contribution in [-0.4, -0.2) is 45.8 Å². The van der Waals surface area contributed by atoms with Crippen LogP contribution in [0.3, 0.4) is 0 Å². The predicted molar refractivity (Wildman–Crippen MR) is 83.6 cm³/mol. The topological polar surface area (TPSA) is 33.7 Å². The van der Waals surface area contributed by atoms with Crippen LogP contribution in [0.1, 0.15) is 19.4 Å². The maximum Gasteiger partial charge on any atom is 0.161 e. The van der Waals surface area contributed by atoms with Crippen molar-refractivity contribution < 1.29 is 9.47 Å². The molecule has 1 aromatic carbocycles. The highest BCUT2D eigenvalue weighted by atomic mass is 16.5. The molecule has 0 bridgehead atoms. The summed E-state index contributed by atoms with van der Waals surface area (Å²) in [5.41, 5.74) is 1.21. The van der Waals surface area contributed by atoms with E-state index in [-0.39, 0.29) is 0 Å². The van der Waals surface area contributed by atoms with Gasteiger partial charge in [0.15, 0.2) is 11.5 Å². The summed E-state index contributed by atoms with van der Waals surface area (Å²) in [7, 11) is 5.74. The molecule has 114 valence electrons. The standard InChI is InChI=1S/C16H28N2O2/c1-13(2)11-17-12-14-6-7-15(19-5)16(10-14)20-9-8-18(3)4/h6-7,10,13,17H,8-9,11-12H2,1-5H3. The molecule has 0 heterocycles. The number of benzene rings is 1. The van der Waals surface area contributed by atoms with E-state index >= 15 is 0 Å². The summed E-state index contributed by atoms with van der Waals surface area (Å²) in [4.78, 5) is 2.10. The molecular formula is C16H28N2O2. The van der Waals surface area contributed by atoms with Crippen molar-refractivity contribution in [2.45, 2.75) is 20.4 Å². The summed E-state index contributed by atoms with van der Waals surface area (Å²) >= 11 is 0. The number of methoxy groups -OCH3 is 1. The first kappa shape index (κ1) is 16.8. The molecule has 20 heavy (non-hydrogen) atoms. The molecule has 1 N–H and O–H groups in total. The smallest absolute Gasteiger partial charge is 0.161 e. The van der Waals surface area contributed by atoms with Gasteiger partial charge in [0.05, 0.1) is 7.11 Å². The van der Waals surface area contributed by atoms with Crippen molar-refractivity contribution in [1.29, 1.82) is 0 Å². The first-order chi connectivity index (χ1) is 9.52. The Kier molecular flexibility index (Phi) is 7.41. The normalized spacial score (nSPS) is 11.2. The van der Waals surface area contributed by atoms with Gasteiger partial charge in [0.1, 0.15) is 6.61 Å². The summed E-state index contributed by atoms with van der Waals surface area (Å²) in [6.45, 7) is 7.83. The van der Waals surface area contributed by atoms with Gasteiger partial charge in [-0.1, -0.05) is 19.9 Å². The van der Waals surface area contributed by atoms with Gasteiger partial charge in [-0.05, 0) is 44.3 Å². The van der Waals surface area contributed by atoms with E-state index in [1.807, 2.05) is 20.2 Å². The lowest BCUT2D eigenvalue weighted by Gasteiger charge is -2.15. The number of nitrogens with zero attached hydrogens (tertiary/aromatic N) is 1. The fraction of sp³-hybridized carbons (Fsp3) is 0.625. The van der Waals surface area contributed by atoms with Crippen LogP contribution in [0.15, 0.2) is 18.2 Å². The number of rotatable bonds is 9. The first-order valence-electron chi connectivity index (χ1n) is 7.18. The lowest BCUT2D eigenvalue weighted by molar-refractivity contribution is 0.250. The molecule has 0 aliphatic carbocycles. The molecule has 0 unspecified atom stereocenters. The number of nitrogens with one attached hydrogen (secondary N) is 1. The van der Waals surface area contributed by atoms with Gasteiger partial charge in [0.2, 0.25) is 0 Å². The molecule has 0 aliphatic rings. The lowest BCUT2D eigenvalue weighted by Crippen LogP contribution is -2.20. The Hall–Kier alpha value is -1.26. The Morgan fingerprint density at radius 2 is 1.95 bits per heavy atom. The Bertz CT molecular complexity index is 392. The minimum absolute atomic E-state index is 0.657. The van der Waals surface area contributed by atoms with Crippen LogP contribution >= 0.6 is 0 Å². The van der Waals surface area contributed by atoms with E-state index < -0.39 is 0 Å². The van der Waals surface area contributed by atoms with Crippen molar-refractivity contribution in [2.75, 3.05) is 40.9 Å². The van der Waals surface area contributed by atoms with Crippen molar-refractivity contribution in [3.8, 4) is 11.5 Å². The zero-order valence-electron chi connectivity index (χ0n) is 13.4. The van der Waals surface area contributed by atoms with Gasteiger partial charge in [-0.25, -0.2) is 0 Å². The summed E-state index contributed by atoms with van der Waals surface area (Å²) in [5, 5.41) is 3.44. The maximum absolute atomic E-state index is 5.81. The molecule has 0 radical (unpaired) electrons. The minimum Gasteiger partial charge on any atom is -0.493 e. The number of hydrogen-bond acceptors (Lipinski definition) is 4. The minimum atomic E-state index is 0.657. The van der Waals surface area contributed by atoms with Crippen LogP contribution in [0.25, 0.3) is 0 Å². The molecule has 0 saturated carbocycles. The quantitative estimate of drug-likeness (QED) is 0.753. The number of likely N-dealkylation sites (N-methyl/N-ethyl adjacent to an activating group) is 1. The molecule has 4 nitrogen and oxygen atoms in total. The van der Waals surface area contributed by atoms with Crippen LogP contribution in [0.5, 0.6) is 11.5 Å². The molecular weight excluding hydrogens is 252 g/mol. The average molecular weight is 280 g/mol. The second kappa shape index (κ2) is 8.82. The van der Waals surface area contributed by atoms with E-state index in [0.29, 0.717) is 12.5 Å². The van der Waals surface area contributed by atoms with Crippen LogP contribution in [0, 0.1) is 5.92 Å². The highest BCUT2D eigenvalue weighted by Crippen LogP contribution is 2.28. The molecule has 0 aliphatic heterocycles. The van der Waals surface area contributed by atoms with E-state index in [9.17, 15) is 0 Å². The SMILES string of the molecule is COc1ccc(CNCC(C)C)cc1OCCN(C)C. The van der Waals surface area contributed by atoms with Gasteiger partial charge >= 0.3 is 0 Å². The van der Waals surface area contributed by atoms with Crippen molar-refractivity contribution >= 4 is 0 Å². The summed E-state index contributed by atoms with van der Waals surface area (Å²) < 4.78 is 11.2. The van der Waals surface area contributed by atoms with Crippen molar-refractivity contribution in [1.82, 2.24) is 10.2 Å². The monoisotopic (exact) mass is 280 g/mol. The van der Waals surface area contributed by atoms with E-state index in [4.69, 9.17) is 9.47 Å². The lowest BCUT2D eigenvalue weighted by atomic mass is 10.2. The highest BCUT2D eigenvalue weighted by Gasteiger charge is 2.06. The van der Waals surface area contributed by atoms with E-state index in [1.54, 1.807) is 7.11 Å². The summed E-state index contributed by atoms with van der Waals surface area (Å²) in [6.07, 6.45) is 0. The Morgan fingerprint density at radius 3 is 2.55 bits per heavy atom. The third-order valence-electron chi connectivity index (χ3n) is 2.91. The molecule has 0 spiro atoms. The van der Waals surface area contributed by atoms with Gasteiger partial charge in [0, 0.05) is 13.1 Å². The fourth-order valence-electron chi connectivity index (χ4n) is 1.79. The van der Waals surface area contributed by atoms with Gasteiger partial charge in [0.25, 0.3) is 0 Å². The zero-order chi connectivity index (χ0) is 15.0. The van der Waals surface area contributed by atoms with Crippen LogP contribution in [-0.2, 0) is 6.54 Å². The molecule has 0 saturated heterocycles. The van der Waals surface area contributed by atoms with Gasteiger partial charge in [-0.15, -0.1) is 0 Å². The Balaban J connectivity index is 2.60. The molecule has 0 atom stereocenters. The van der Waals surface area contributed by atoms with Crippen LogP contribution in [0.2, 0.25) is 0 Å². The summed E-state index contributed by atoms with van der Waals surface area (Å²) in [5.74, 6) is 2.26. The molecule has 0 aromatic heterocycles. The van der Waals surface area contributed by atoms with Crippen molar-refractivity contribution in [2.24, 2.45) is 5.92 Å². The molecule has 1 aromatic rings. The third kappa shape index (κ3) is 6.26. The number of hydrogen-bond donors (Lipinski definition) is 1. The second-order valence-corrected chi connectivity index (χ2v) is 5.66. The zero-order valence-corrected chi connectivity index (χ0v) is 13.4. The van der Waals surface area contributed by atoms with E-state index in [1.165, 1.54) is 5.56 Å². The fourth-order valence-corrected chi connectivity index (χ4v) is 1.79. The van der Waals surface area contributed by atoms with E-state index in [2.05, 4.69) is 36.2 Å². The molecule has 1 rings (SSSR count). The Labute approximate surface area is 123 Å². The van der Waals surface area contributed by atoms with E-state index in [0.717, 1.165) is 31.1 Å². The molecule has 0 amide bonds. The van der Waals surface area contributed by atoms with Crippen molar-refractivity contribution in [3.05, 3.63) is 23.8 Å². The van der Waals surface area contributed by atoms with Crippen molar-refractivity contribution in [3.63, 3.8) is 0 Å². The van der Waals surface area contributed by atoms with Crippen LogP contribution < -0.4 is 14.8 Å². The second-order valence-electron chi connectivity index (χ2n) is 5.66. The average Bonchev–Trinajstić information content (AvgIpc) is 2.38. The number of ether oxygens (including phenoxy) is 2. The largest absolute Gasteiger partial charge is 0.493 e. The first-order valence-corrected chi connectivity index (χ1v) is 7.18. The third-order valence-corrected chi connectivity index (χ3v) is 2.91. The molecule has 4 heteroatoms. The van der Waals surface area contributed by atoms with Gasteiger partial charge in [-0.3, -0.25) is 0 Å². The molecule has 0 fully saturated rings. The predicted octanol–water partition coefficient (Wildman–Crippen LogP) is 2.38. The van der Waals surface area contributed by atoms with Crippen LogP contribution in [0.4, 0.5) is 0 Å². The van der Waals surface area contributed by atoms with Gasteiger partial charge < -0.3 is 19.7 Å². The summed E-state index contributed by atoms with van der Waals surface area (Å²) in [6, 6.07) is 6.10. The maximum atomic E-state index is 5.81. The Morgan fingerprint density at radius 1 is 1.20 bits per heavy atom. The highest BCUT2D eigenvalue weighted by molar-refractivity contribution is 5.42.